The number of rotatable bonds is 5. The summed E-state index contributed by atoms with van der Waals surface area (Å²) in [5, 5.41) is 2.53. The summed E-state index contributed by atoms with van der Waals surface area (Å²) < 4.78 is 32.4. The largest absolute Gasteiger partial charge is 0.495 e. The molecule has 2 aromatic rings. The number of ether oxygens (including phenoxy) is 1. The molecular weight excluding hydrogens is 306 g/mol. The maximum atomic E-state index is 12.5. The Kier molecular flexibility index (Phi) is 4.62. The van der Waals surface area contributed by atoms with Crippen molar-refractivity contribution in [3.8, 4) is 5.75 Å². The number of nitrogens with zero attached hydrogens (tertiary/aromatic N) is 1. The molecule has 0 atom stereocenters. The number of aromatic nitrogens is 1. The van der Waals surface area contributed by atoms with E-state index in [1.165, 1.54) is 38.4 Å². The number of amides is 1. The second kappa shape index (κ2) is 6.44. The Morgan fingerprint density at radius 2 is 2.00 bits per heavy atom. The van der Waals surface area contributed by atoms with E-state index in [4.69, 9.17) is 4.74 Å². The van der Waals surface area contributed by atoms with Crippen LogP contribution in [0.5, 0.6) is 5.75 Å². The molecule has 1 amide bonds. The molecule has 0 aliphatic carbocycles. The third kappa shape index (κ3) is 3.73. The van der Waals surface area contributed by atoms with Gasteiger partial charge in [0.05, 0.1) is 7.11 Å². The van der Waals surface area contributed by atoms with Gasteiger partial charge in [-0.05, 0) is 30.3 Å². The summed E-state index contributed by atoms with van der Waals surface area (Å²) >= 11 is 0. The number of carbonyl (C=O) groups excluding carboxylic acids is 1. The number of nitrogens with one attached hydrogen (secondary N) is 2. The molecule has 0 saturated heterocycles. The normalized spacial score (nSPS) is 10.8. The van der Waals surface area contributed by atoms with Crippen LogP contribution in [0, 0.1) is 0 Å². The number of benzene rings is 1. The summed E-state index contributed by atoms with van der Waals surface area (Å²) in [6.07, 6.45) is 1.48. The minimum Gasteiger partial charge on any atom is -0.495 e. The molecular formula is C14H15N3O4S. The molecule has 0 fully saturated rings. The van der Waals surface area contributed by atoms with Crippen LogP contribution in [0.3, 0.4) is 0 Å². The highest BCUT2D eigenvalue weighted by Gasteiger charge is 2.21. The third-order valence-electron chi connectivity index (χ3n) is 2.68. The van der Waals surface area contributed by atoms with Crippen LogP contribution in [0.2, 0.25) is 0 Å². The Balaban J connectivity index is 2.42. The number of methoxy groups -OCH3 is 1. The van der Waals surface area contributed by atoms with Crippen LogP contribution in [0.15, 0.2) is 47.5 Å². The highest BCUT2D eigenvalue weighted by molar-refractivity contribution is 7.92. The number of pyridine rings is 1. The molecule has 2 N–H and O–H groups in total. The van der Waals surface area contributed by atoms with E-state index in [1.54, 1.807) is 18.2 Å². The lowest BCUT2D eigenvalue weighted by Crippen LogP contribution is -2.15. The molecule has 0 radical (unpaired) electrons. The maximum absolute atomic E-state index is 12.5. The van der Waals surface area contributed by atoms with Crippen molar-refractivity contribution in [2.24, 2.45) is 0 Å². The van der Waals surface area contributed by atoms with Gasteiger partial charge in [0.15, 0.2) is 0 Å². The van der Waals surface area contributed by atoms with Gasteiger partial charge in [0.2, 0.25) is 5.91 Å². The Labute approximate surface area is 128 Å². The average molecular weight is 321 g/mol. The van der Waals surface area contributed by atoms with E-state index in [2.05, 4.69) is 15.0 Å². The van der Waals surface area contributed by atoms with Crippen molar-refractivity contribution in [2.45, 2.75) is 11.8 Å². The number of anilines is 2. The zero-order chi connectivity index (χ0) is 16.2. The highest BCUT2D eigenvalue weighted by atomic mass is 32.2. The van der Waals surface area contributed by atoms with Crippen LogP contribution >= 0.6 is 0 Å². The first-order valence-electron chi connectivity index (χ1n) is 6.32. The number of hydrogen-bond donors (Lipinski definition) is 2. The first kappa shape index (κ1) is 15.8. The number of carbonyl (C=O) groups is 1. The van der Waals surface area contributed by atoms with Crippen LogP contribution in [0.1, 0.15) is 6.92 Å². The molecule has 1 heterocycles. The fraction of sp³-hybridized carbons (Fsp3) is 0.143. The van der Waals surface area contributed by atoms with Crippen molar-refractivity contribution in [1.82, 2.24) is 4.98 Å². The summed E-state index contributed by atoms with van der Waals surface area (Å²) in [4.78, 5) is 14.9. The van der Waals surface area contributed by atoms with Gasteiger partial charge < -0.3 is 10.1 Å². The average Bonchev–Trinajstić information content (AvgIpc) is 2.47. The molecule has 0 unspecified atom stereocenters. The van der Waals surface area contributed by atoms with Crippen molar-refractivity contribution in [3.05, 3.63) is 42.6 Å². The first-order valence-corrected chi connectivity index (χ1v) is 7.80. The van der Waals surface area contributed by atoms with E-state index in [1.807, 2.05) is 0 Å². The predicted octanol–water partition coefficient (Wildman–Crippen LogP) is 1.85. The SMILES string of the molecule is COc1ccc(NC(C)=O)cc1S(=O)(=O)Nc1ccccn1. The van der Waals surface area contributed by atoms with Gasteiger partial charge in [-0.25, -0.2) is 13.4 Å². The van der Waals surface area contributed by atoms with Crippen LogP contribution in [0.4, 0.5) is 11.5 Å². The zero-order valence-corrected chi connectivity index (χ0v) is 12.8. The second-order valence-electron chi connectivity index (χ2n) is 4.37. The van der Waals surface area contributed by atoms with Gasteiger partial charge in [-0.15, -0.1) is 0 Å². The molecule has 0 bridgehead atoms. The van der Waals surface area contributed by atoms with E-state index < -0.39 is 10.0 Å². The second-order valence-corrected chi connectivity index (χ2v) is 6.02. The molecule has 1 aromatic carbocycles. The Morgan fingerprint density at radius 1 is 1.23 bits per heavy atom. The minimum atomic E-state index is -3.90. The van der Waals surface area contributed by atoms with Gasteiger partial charge in [-0.1, -0.05) is 6.07 Å². The summed E-state index contributed by atoms with van der Waals surface area (Å²) in [6, 6.07) is 9.22. The third-order valence-corrected chi connectivity index (χ3v) is 4.05. The van der Waals surface area contributed by atoms with Crippen LogP contribution < -0.4 is 14.8 Å². The zero-order valence-electron chi connectivity index (χ0n) is 12.0. The first-order chi connectivity index (χ1) is 10.4. The molecule has 0 spiro atoms. The van der Waals surface area contributed by atoms with Gasteiger partial charge in [-0.2, -0.15) is 0 Å². The molecule has 2 rings (SSSR count). The quantitative estimate of drug-likeness (QED) is 0.876. The molecule has 22 heavy (non-hydrogen) atoms. The lowest BCUT2D eigenvalue weighted by molar-refractivity contribution is -0.114. The van der Waals surface area contributed by atoms with Gasteiger partial charge in [0.1, 0.15) is 16.5 Å². The summed E-state index contributed by atoms with van der Waals surface area (Å²) in [7, 11) is -2.53. The van der Waals surface area contributed by atoms with E-state index in [-0.39, 0.29) is 22.4 Å². The van der Waals surface area contributed by atoms with E-state index >= 15 is 0 Å². The van der Waals surface area contributed by atoms with Crippen molar-refractivity contribution in [2.75, 3.05) is 17.1 Å². The molecule has 7 nitrogen and oxygen atoms in total. The van der Waals surface area contributed by atoms with E-state index in [0.29, 0.717) is 5.69 Å². The Bertz CT molecular complexity index is 776. The highest BCUT2D eigenvalue weighted by Crippen LogP contribution is 2.28. The van der Waals surface area contributed by atoms with Gasteiger partial charge in [0, 0.05) is 18.8 Å². The van der Waals surface area contributed by atoms with E-state index in [9.17, 15) is 13.2 Å². The van der Waals surface area contributed by atoms with Crippen molar-refractivity contribution < 1.29 is 17.9 Å². The molecule has 0 aliphatic rings. The molecule has 0 saturated carbocycles. The van der Waals surface area contributed by atoms with Gasteiger partial charge in [-0.3, -0.25) is 9.52 Å². The lowest BCUT2D eigenvalue weighted by atomic mass is 10.3. The van der Waals surface area contributed by atoms with Gasteiger partial charge >= 0.3 is 0 Å². The summed E-state index contributed by atoms with van der Waals surface area (Å²) in [6.45, 7) is 1.34. The van der Waals surface area contributed by atoms with Crippen LogP contribution in [0.25, 0.3) is 0 Å². The van der Waals surface area contributed by atoms with Crippen molar-refractivity contribution in [1.29, 1.82) is 0 Å². The fourth-order valence-corrected chi connectivity index (χ4v) is 2.99. The molecule has 0 aliphatic heterocycles. The Hall–Kier alpha value is -2.61. The number of sulfonamides is 1. The van der Waals surface area contributed by atoms with Crippen LogP contribution in [-0.2, 0) is 14.8 Å². The molecule has 1 aromatic heterocycles. The number of hydrogen-bond acceptors (Lipinski definition) is 5. The minimum absolute atomic E-state index is 0.0908. The monoisotopic (exact) mass is 321 g/mol. The Morgan fingerprint density at radius 3 is 2.59 bits per heavy atom. The predicted molar refractivity (Wildman–Crippen MR) is 82.3 cm³/mol. The van der Waals surface area contributed by atoms with Gasteiger partial charge in [0.25, 0.3) is 10.0 Å². The summed E-state index contributed by atoms with van der Waals surface area (Å²) in [5.41, 5.74) is 0.356. The standard InChI is InChI=1S/C14H15N3O4S/c1-10(18)16-11-6-7-12(21-2)13(9-11)22(19,20)17-14-5-3-4-8-15-14/h3-9H,1-2H3,(H,15,17)(H,16,18). The molecule has 8 heteroatoms. The van der Waals surface area contributed by atoms with Crippen molar-refractivity contribution >= 4 is 27.4 Å². The maximum Gasteiger partial charge on any atom is 0.266 e. The summed E-state index contributed by atoms with van der Waals surface area (Å²) in [5.74, 6) is 0.0539. The topological polar surface area (TPSA) is 97.4 Å². The molecule has 116 valence electrons. The fourth-order valence-electron chi connectivity index (χ4n) is 1.78. The lowest BCUT2D eigenvalue weighted by Gasteiger charge is -2.12. The van der Waals surface area contributed by atoms with Crippen LogP contribution in [-0.4, -0.2) is 26.4 Å². The van der Waals surface area contributed by atoms with E-state index in [0.717, 1.165) is 0 Å². The van der Waals surface area contributed by atoms with Crippen molar-refractivity contribution in [3.63, 3.8) is 0 Å². The smallest absolute Gasteiger partial charge is 0.266 e.